The zero-order valence-electron chi connectivity index (χ0n) is 9.67. The second kappa shape index (κ2) is 4.63. The fourth-order valence-corrected chi connectivity index (χ4v) is 3.46. The van der Waals surface area contributed by atoms with Gasteiger partial charge in [-0.1, -0.05) is 24.3 Å². The van der Waals surface area contributed by atoms with Crippen molar-refractivity contribution in [1.82, 2.24) is 0 Å². The van der Waals surface area contributed by atoms with Gasteiger partial charge >= 0.3 is 0 Å². The standard InChI is InChI=1S/C15H16OS/c16-15(9-11-7-8-17-10-11)14-6-5-12-3-1-2-4-13(12)14/h1-4,7-8,10,14-16H,5-6,9H2. The van der Waals surface area contributed by atoms with Crippen LogP contribution >= 0.6 is 11.3 Å². The lowest BCUT2D eigenvalue weighted by molar-refractivity contribution is 0.143. The van der Waals surface area contributed by atoms with Crippen LogP contribution in [0.2, 0.25) is 0 Å². The highest BCUT2D eigenvalue weighted by atomic mass is 32.1. The maximum absolute atomic E-state index is 10.4. The van der Waals surface area contributed by atoms with Gasteiger partial charge in [0.1, 0.15) is 0 Å². The van der Waals surface area contributed by atoms with Gasteiger partial charge in [0.25, 0.3) is 0 Å². The summed E-state index contributed by atoms with van der Waals surface area (Å²) in [6.07, 6.45) is 2.74. The van der Waals surface area contributed by atoms with Gasteiger partial charge in [-0.2, -0.15) is 11.3 Å². The van der Waals surface area contributed by atoms with Gasteiger partial charge in [-0.15, -0.1) is 0 Å². The van der Waals surface area contributed by atoms with E-state index in [4.69, 9.17) is 0 Å². The molecule has 1 aromatic carbocycles. The van der Waals surface area contributed by atoms with Gasteiger partial charge in [-0.05, 0) is 52.8 Å². The quantitative estimate of drug-likeness (QED) is 0.877. The van der Waals surface area contributed by atoms with Crippen molar-refractivity contribution in [2.45, 2.75) is 31.3 Å². The van der Waals surface area contributed by atoms with Crippen molar-refractivity contribution in [1.29, 1.82) is 0 Å². The van der Waals surface area contributed by atoms with E-state index in [0.29, 0.717) is 5.92 Å². The summed E-state index contributed by atoms with van der Waals surface area (Å²) in [6.45, 7) is 0. The van der Waals surface area contributed by atoms with Crippen LogP contribution < -0.4 is 0 Å². The van der Waals surface area contributed by atoms with E-state index < -0.39 is 0 Å². The molecule has 0 saturated carbocycles. The lowest BCUT2D eigenvalue weighted by Crippen LogP contribution is -2.18. The van der Waals surface area contributed by atoms with E-state index in [2.05, 4.69) is 41.1 Å². The Kier molecular flexibility index (Phi) is 3.00. The summed E-state index contributed by atoms with van der Waals surface area (Å²) in [6, 6.07) is 10.6. The first-order valence-corrected chi connectivity index (χ1v) is 7.06. The van der Waals surface area contributed by atoms with Gasteiger partial charge < -0.3 is 5.11 Å². The minimum atomic E-state index is -0.242. The van der Waals surface area contributed by atoms with E-state index in [1.54, 1.807) is 11.3 Å². The highest BCUT2D eigenvalue weighted by molar-refractivity contribution is 7.07. The number of fused-ring (bicyclic) bond motifs is 1. The molecule has 1 heterocycles. The number of aryl methyl sites for hydroxylation is 1. The van der Waals surface area contributed by atoms with Crippen LogP contribution in [0.4, 0.5) is 0 Å². The van der Waals surface area contributed by atoms with E-state index in [0.717, 1.165) is 19.3 Å². The molecule has 1 aromatic heterocycles. The molecular weight excluding hydrogens is 228 g/mol. The zero-order chi connectivity index (χ0) is 11.7. The number of rotatable bonds is 3. The summed E-state index contributed by atoms with van der Waals surface area (Å²) < 4.78 is 0. The molecule has 0 fully saturated rings. The largest absolute Gasteiger partial charge is 0.392 e. The number of aliphatic hydroxyl groups excluding tert-OH is 1. The molecule has 0 bridgehead atoms. The monoisotopic (exact) mass is 244 g/mol. The Morgan fingerprint density at radius 2 is 2.18 bits per heavy atom. The van der Waals surface area contributed by atoms with E-state index in [1.807, 2.05) is 0 Å². The molecule has 0 spiro atoms. The molecule has 2 atom stereocenters. The van der Waals surface area contributed by atoms with Crippen molar-refractivity contribution in [3.63, 3.8) is 0 Å². The average Bonchev–Trinajstić information content (AvgIpc) is 2.96. The van der Waals surface area contributed by atoms with Crippen LogP contribution in [0.25, 0.3) is 0 Å². The highest BCUT2D eigenvalue weighted by Crippen LogP contribution is 2.36. The van der Waals surface area contributed by atoms with E-state index in [1.165, 1.54) is 16.7 Å². The summed E-state index contributed by atoms with van der Waals surface area (Å²) >= 11 is 1.70. The number of thiophene rings is 1. The van der Waals surface area contributed by atoms with Gasteiger partial charge in [-0.3, -0.25) is 0 Å². The second-order valence-electron chi connectivity index (χ2n) is 4.75. The molecule has 1 aliphatic rings. The van der Waals surface area contributed by atoms with Gasteiger partial charge in [-0.25, -0.2) is 0 Å². The van der Waals surface area contributed by atoms with Gasteiger partial charge in [0.15, 0.2) is 0 Å². The molecule has 17 heavy (non-hydrogen) atoms. The summed E-state index contributed by atoms with van der Waals surface area (Å²) in [5.41, 5.74) is 4.03. The molecule has 1 aliphatic carbocycles. The topological polar surface area (TPSA) is 20.2 Å². The van der Waals surface area contributed by atoms with Crippen molar-refractivity contribution < 1.29 is 5.11 Å². The van der Waals surface area contributed by atoms with Crippen molar-refractivity contribution in [2.24, 2.45) is 0 Å². The minimum Gasteiger partial charge on any atom is -0.392 e. The smallest absolute Gasteiger partial charge is 0.0649 e. The summed E-state index contributed by atoms with van der Waals surface area (Å²) in [5.74, 6) is 0.325. The van der Waals surface area contributed by atoms with Crippen LogP contribution in [0.5, 0.6) is 0 Å². The minimum absolute atomic E-state index is 0.242. The van der Waals surface area contributed by atoms with Gasteiger partial charge in [0.2, 0.25) is 0 Å². The van der Waals surface area contributed by atoms with Crippen LogP contribution in [0.15, 0.2) is 41.1 Å². The first-order chi connectivity index (χ1) is 8.34. The Balaban J connectivity index is 1.78. The van der Waals surface area contributed by atoms with E-state index >= 15 is 0 Å². The highest BCUT2D eigenvalue weighted by Gasteiger charge is 2.28. The molecule has 1 N–H and O–H groups in total. The maximum atomic E-state index is 10.4. The lowest BCUT2D eigenvalue weighted by atomic mass is 9.92. The molecule has 0 aliphatic heterocycles. The molecule has 88 valence electrons. The molecule has 3 rings (SSSR count). The summed E-state index contributed by atoms with van der Waals surface area (Å²) in [4.78, 5) is 0. The average molecular weight is 244 g/mol. The fraction of sp³-hybridized carbons (Fsp3) is 0.333. The van der Waals surface area contributed by atoms with E-state index in [9.17, 15) is 5.11 Å². The molecular formula is C15H16OS. The van der Waals surface area contributed by atoms with Crippen LogP contribution in [-0.2, 0) is 12.8 Å². The number of benzene rings is 1. The normalized spacial score (nSPS) is 20.2. The Morgan fingerprint density at radius 1 is 1.29 bits per heavy atom. The van der Waals surface area contributed by atoms with E-state index in [-0.39, 0.29) is 6.10 Å². The SMILES string of the molecule is OC(Cc1ccsc1)C1CCc2ccccc21. The Hall–Kier alpha value is -1.12. The van der Waals surface area contributed by atoms with Crippen LogP contribution in [0.3, 0.4) is 0 Å². The number of aliphatic hydroxyl groups is 1. The van der Waals surface area contributed by atoms with Gasteiger partial charge in [0, 0.05) is 5.92 Å². The molecule has 1 nitrogen and oxygen atoms in total. The predicted molar refractivity (Wildman–Crippen MR) is 71.5 cm³/mol. The Morgan fingerprint density at radius 3 is 3.00 bits per heavy atom. The molecule has 2 heteroatoms. The zero-order valence-corrected chi connectivity index (χ0v) is 10.5. The third kappa shape index (κ3) is 2.15. The third-order valence-electron chi connectivity index (χ3n) is 3.67. The first-order valence-electron chi connectivity index (χ1n) is 6.11. The fourth-order valence-electron chi connectivity index (χ4n) is 2.78. The molecule has 0 radical (unpaired) electrons. The van der Waals surface area contributed by atoms with Crippen molar-refractivity contribution in [3.05, 3.63) is 57.8 Å². The summed E-state index contributed by atoms with van der Waals surface area (Å²) in [5, 5.41) is 14.6. The summed E-state index contributed by atoms with van der Waals surface area (Å²) in [7, 11) is 0. The molecule has 2 unspecified atom stereocenters. The van der Waals surface area contributed by atoms with Crippen molar-refractivity contribution in [2.75, 3.05) is 0 Å². The van der Waals surface area contributed by atoms with Crippen molar-refractivity contribution >= 4 is 11.3 Å². The maximum Gasteiger partial charge on any atom is 0.0649 e. The Bertz CT molecular complexity index is 489. The van der Waals surface area contributed by atoms with Crippen molar-refractivity contribution in [3.8, 4) is 0 Å². The third-order valence-corrected chi connectivity index (χ3v) is 4.40. The predicted octanol–water partition coefficient (Wildman–Crippen LogP) is 3.38. The number of hydrogen-bond donors (Lipinski definition) is 1. The Labute approximate surface area is 106 Å². The lowest BCUT2D eigenvalue weighted by Gasteiger charge is -2.18. The van der Waals surface area contributed by atoms with Gasteiger partial charge in [0.05, 0.1) is 6.10 Å². The second-order valence-corrected chi connectivity index (χ2v) is 5.53. The van der Waals surface area contributed by atoms with Crippen LogP contribution in [0, 0.1) is 0 Å². The molecule has 2 aromatic rings. The molecule has 0 saturated heterocycles. The van der Waals surface area contributed by atoms with Crippen LogP contribution in [0.1, 0.15) is 29.0 Å². The number of hydrogen-bond acceptors (Lipinski definition) is 2. The first kappa shape index (κ1) is 11.0. The van der Waals surface area contributed by atoms with Crippen LogP contribution in [-0.4, -0.2) is 11.2 Å². The molecule has 0 amide bonds.